The lowest BCUT2D eigenvalue weighted by atomic mass is 9.93. The molecule has 0 aliphatic carbocycles. The first-order valence-electron chi connectivity index (χ1n) is 9.93. The summed E-state index contributed by atoms with van der Waals surface area (Å²) in [5.41, 5.74) is 4.45. The van der Waals surface area contributed by atoms with Gasteiger partial charge in [0.15, 0.2) is 5.65 Å². The molecule has 0 unspecified atom stereocenters. The number of hydrogen-bond acceptors (Lipinski definition) is 5. The largest absolute Gasteiger partial charge is 0.396 e. The third-order valence-corrected chi connectivity index (χ3v) is 5.79. The first-order chi connectivity index (χ1) is 14.0. The van der Waals surface area contributed by atoms with Crippen molar-refractivity contribution < 1.29 is 9.90 Å². The topological polar surface area (TPSA) is 74.0 Å². The molecule has 1 N–H and O–H groups in total. The van der Waals surface area contributed by atoms with Crippen LogP contribution in [0.4, 0.5) is 0 Å². The molecule has 3 heterocycles. The molecule has 2 aromatic heterocycles. The lowest BCUT2D eigenvalue weighted by Gasteiger charge is -2.25. The van der Waals surface area contributed by atoms with Crippen molar-refractivity contribution >= 4 is 11.6 Å². The number of aryl methyl sites for hydroxylation is 1. The maximum Gasteiger partial charge on any atom is 0.259 e. The van der Waals surface area contributed by atoms with Gasteiger partial charge in [-0.3, -0.25) is 4.79 Å². The highest BCUT2D eigenvalue weighted by Gasteiger charge is 2.38. The predicted octanol–water partition coefficient (Wildman–Crippen LogP) is 1.74. The fourth-order valence-corrected chi connectivity index (χ4v) is 4.11. The van der Waals surface area contributed by atoms with Crippen LogP contribution in [0.2, 0.25) is 0 Å². The summed E-state index contributed by atoms with van der Waals surface area (Å²) >= 11 is 0. The average molecular weight is 393 g/mol. The number of carbonyl (C=O) groups is 1. The van der Waals surface area contributed by atoms with E-state index in [1.54, 1.807) is 16.9 Å². The van der Waals surface area contributed by atoms with Crippen LogP contribution in [0.15, 0.2) is 42.9 Å². The zero-order valence-electron chi connectivity index (χ0n) is 17.1. The third-order valence-electron chi connectivity index (χ3n) is 5.79. The van der Waals surface area contributed by atoms with Crippen LogP contribution in [0.25, 0.3) is 5.65 Å². The summed E-state index contributed by atoms with van der Waals surface area (Å²) in [4.78, 5) is 21.8. The normalized spacial score (nSPS) is 19.4. The molecule has 7 heteroatoms. The van der Waals surface area contributed by atoms with Crippen molar-refractivity contribution in [2.24, 2.45) is 0 Å². The minimum absolute atomic E-state index is 0.0381. The number of likely N-dealkylation sites (tertiary alicyclic amines) is 1. The SMILES string of the molecule is Cc1ccc([C@@H]2CN(C(=O)c3cnn4cc(CCO)cnc34)C[C@H]2N(C)C)cc1. The van der Waals surface area contributed by atoms with Gasteiger partial charge in [0.05, 0.1) is 6.20 Å². The summed E-state index contributed by atoms with van der Waals surface area (Å²) in [6.45, 7) is 3.48. The van der Waals surface area contributed by atoms with E-state index in [0.29, 0.717) is 30.7 Å². The molecule has 152 valence electrons. The highest BCUT2D eigenvalue weighted by Crippen LogP contribution is 2.31. The molecule has 1 aromatic carbocycles. The van der Waals surface area contributed by atoms with Gasteiger partial charge in [-0.1, -0.05) is 29.8 Å². The Balaban J connectivity index is 1.60. The molecule has 7 nitrogen and oxygen atoms in total. The number of benzene rings is 1. The van der Waals surface area contributed by atoms with Gasteiger partial charge >= 0.3 is 0 Å². The number of amides is 1. The minimum Gasteiger partial charge on any atom is -0.396 e. The molecule has 0 saturated carbocycles. The van der Waals surface area contributed by atoms with Crippen molar-refractivity contribution in [1.82, 2.24) is 24.4 Å². The second-order valence-corrected chi connectivity index (χ2v) is 8.02. The van der Waals surface area contributed by atoms with E-state index in [1.165, 1.54) is 11.1 Å². The quantitative estimate of drug-likeness (QED) is 0.715. The van der Waals surface area contributed by atoms with Crippen molar-refractivity contribution in [3.63, 3.8) is 0 Å². The van der Waals surface area contributed by atoms with Gasteiger partial charge in [0.1, 0.15) is 5.56 Å². The van der Waals surface area contributed by atoms with Crippen molar-refractivity contribution in [2.75, 3.05) is 33.8 Å². The van der Waals surface area contributed by atoms with Crippen molar-refractivity contribution in [3.8, 4) is 0 Å². The summed E-state index contributed by atoms with van der Waals surface area (Å²) in [6.07, 6.45) is 5.63. The van der Waals surface area contributed by atoms with E-state index in [-0.39, 0.29) is 24.5 Å². The smallest absolute Gasteiger partial charge is 0.259 e. The summed E-state index contributed by atoms with van der Waals surface area (Å²) in [5, 5.41) is 13.4. The standard InChI is InChI=1S/C22H27N5O2/c1-15-4-6-17(7-5-15)19-13-26(14-20(19)25(2)3)22(29)18-11-24-27-12-16(8-9-28)10-23-21(18)27/h4-7,10-12,19-20,28H,8-9,13-14H2,1-3H3/t19-,20+/m0/s1. The number of aliphatic hydroxyl groups excluding tert-OH is 1. The number of rotatable bonds is 5. The van der Waals surface area contributed by atoms with Crippen LogP contribution in [0.5, 0.6) is 0 Å². The first kappa shape index (κ1) is 19.5. The van der Waals surface area contributed by atoms with Crippen molar-refractivity contribution in [1.29, 1.82) is 0 Å². The van der Waals surface area contributed by atoms with Crippen molar-refractivity contribution in [3.05, 3.63) is 65.1 Å². The number of hydrogen-bond donors (Lipinski definition) is 1. The van der Waals surface area contributed by atoms with Gasteiger partial charge in [-0.05, 0) is 38.6 Å². The average Bonchev–Trinajstić information content (AvgIpc) is 3.33. The number of fused-ring (bicyclic) bond motifs is 1. The molecule has 3 aromatic rings. The van der Waals surface area contributed by atoms with Crippen LogP contribution >= 0.6 is 0 Å². The van der Waals surface area contributed by atoms with Crippen LogP contribution < -0.4 is 0 Å². The Morgan fingerprint density at radius 3 is 2.66 bits per heavy atom. The fourth-order valence-electron chi connectivity index (χ4n) is 4.11. The van der Waals surface area contributed by atoms with Crippen LogP contribution in [0.3, 0.4) is 0 Å². The van der Waals surface area contributed by atoms with E-state index in [1.807, 2.05) is 11.1 Å². The Labute approximate surface area is 170 Å². The molecule has 1 aliphatic rings. The van der Waals surface area contributed by atoms with Crippen LogP contribution in [0.1, 0.15) is 33.0 Å². The van der Waals surface area contributed by atoms with Crippen molar-refractivity contribution in [2.45, 2.75) is 25.3 Å². The monoisotopic (exact) mass is 393 g/mol. The van der Waals surface area contributed by atoms with Gasteiger partial charge in [-0.15, -0.1) is 0 Å². The predicted molar refractivity (Wildman–Crippen MR) is 111 cm³/mol. The van der Waals surface area contributed by atoms with Gasteiger partial charge in [-0.2, -0.15) is 5.10 Å². The summed E-state index contributed by atoms with van der Waals surface area (Å²) < 4.78 is 1.62. The van der Waals surface area contributed by atoms with Crippen LogP contribution in [-0.2, 0) is 6.42 Å². The number of nitrogens with zero attached hydrogens (tertiary/aromatic N) is 5. The highest BCUT2D eigenvalue weighted by molar-refractivity contribution is 5.99. The first-order valence-corrected chi connectivity index (χ1v) is 9.93. The van der Waals surface area contributed by atoms with E-state index in [9.17, 15) is 4.79 Å². The molecular formula is C22H27N5O2. The molecule has 0 radical (unpaired) electrons. The molecule has 29 heavy (non-hydrogen) atoms. The maximum absolute atomic E-state index is 13.3. The van der Waals surface area contributed by atoms with Gasteiger partial charge in [0, 0.05) is 44.0 Å². The lowest BCUT2D eigenvalue weighted by molar-refractivity contribution is 0.0784. The minimum atomic E-state index is -0.0381. The van der Waals surface area contributed by atoms with E-state index < -0.39 is 0 Å². The van der Waals surface area contributed by atoms with Crippen LogP contribution in [0, 0.1) is 6.92 Å². The molecule has 4 rings (SSSR count). The van der Waals surface area contributed by atoms with Crippen LogP contribution in [-0.4, -0.2) is 75.2 Å². The molecule has 2 atom stereocenters. The zero-order chi connectivity index (χ0) is 20.5. The molecule has 1 saturated heterocycles. The van der Waals surface area contributed by atoms with Gasteiger partial charge in [0.25, 0.3) is 5.91 Å². The third kappa shape index (κ3) is 3.75. The molecule has 1 amide bonds. The van der Waals surface area contributed by atoms with Gasteiger partial charge in [0.2, 0.25) is 0 Å². The Morgan fingerprint density at radius 2 is 1.97 bits per heavy atom. The molecular weight excluding hydrogens is 366 g/mol. The summed E-state index contributed by atoms with van der Waals surface area (Å²) in [7, 11) is 4.14. The Bertz CT molecular complexity index is 1010. The Morgan fingerprint density at radius 1 is 1.21 bits per heavy atom. The van der Waals surface area contributed by atoms with E-state index in [2.05, 4.69) is 60.3 Å². The Hall–Kier alpha value is -2.77. The van der Waals surface area contributed by atoms with E-state index in [0.717, 1.165) is 5.56 Å². The molecule has 1 fully saturated rings. The second-order valence-electron chi connectivity index (χ2n) is 8.02. The second kappa shape index (κ2) is 7.93. The summed E-state index contributed by atoms with van der Waals surface area (Å²) in [5.74, 6) is 0.226. The number of likely N-dealkylation sites (N-methyl/N-ethyl adjacent to an activating group) is 1. The summed E-state index contributed by atoms with van der Waals surface area (Å²) in [6, 6.07) is 8.86. The van der Waals surface area contributed by atoms with Gasteiger partial charge < -0.3 is 14.9 Å². The molecule has 0 spiro atoms. The highest BCUT2D eigenvalue weighted by atomic mass is 16.3. The Kier molecular flexibility index (Phi) is 5.34. The maximum atomic E-state index is 13.3. The lowest BCUT2D eigenvalue weighted by Crippen LogP contribution is -2.35. The number of aromatic nitrogens is 3. The molecule has 0 bridgehead atoms. The molecule has 1 aliphatic heterocycles. The number of carbonyl (C=O) groups excluding carboxylic acids is 1. The zero-order valence-corrected chi connectivity index (χ0v) is 17.1. The number of aliphatic hydroxyl groups is 1. The van der Waals surface area contributed by atoms with Gasteiger partial charge in [-0.25, -0.2) is 9.50 Å². The van der Waals surface area contributed by atoms with E-state index >= 15 is 0 Å². The van der Waals surface area contributed by atoms with E-state index in [4.69, 9.17) is 5.11 Å². The fraction of sp³-hybridized carbons (Fsp3) is 0.409.